The molecule has 5 aliphatic rings. The maximum Gasteiger partial charge on any atom is 0.408 e. The maximum absolute atomic E-state index is 14.4. The second kappa shape index (κ2) is 15.2. The Morgan fingerprint density at radius 3 is 2.33 bits per heavy atom. The molecule has 0 radical (unpaired) electrons. The van der Waals surface area contributed by atoms with Gasteiger partial charge < -0.3 is 25.2 Å². The van der Waals surface area contributed by atoms with E-state index < -0.39 is 68.2 Å². The summed E-state index contributed by atoms with van der Waals surface area (Å²) in [4.78, 5) is 72.3. The van der Waals surface area contributed by atoms with Crippen molar-refractivity contribution >= 4 is 39.7 Å². The Labute approximate surface area is 306 Å². The molecule has 1 aromatic rings. The Hall–Kier alpha value is -3.94. The van der Waals surface area contributed by atoms with Crippen molar-refractivity contribution in [2.75, 3.05) is 6.54 Å². The quantitative estimate of drug-likeness (QED) is 0.370. The number of sulfonamides is 1. The first-order valence-corrected chi connectivity index (χ1v) is 20.4. The first kappa shape index (κ1) is 37.8. The SMILES string of the molecule is CC(C)(C)OC(=O)N[C@H]1CCCCCCCC=C[C@@H]2C[C@@]2(C(=O)NS(=O)(=O)C2CC2)NC(=O)[C@@H]2C[C@@H](CC(=O)N3Cc4ccccc4C3)CN2C1=O. The number of carbonyl (C=O) groups excluding carboxylic acids is 5. The highest BCUT2D eigenvalue weighted by atomic mass is 32.2. The lowest BCUT2D eigenvalue weighted by Crippen LogP contribution is -2.58. The zero-order valence-electron chi connectivity index (χ0n) is 30.5. The van der Waals surface area contributed by atoms with Gasteiger partial charge in [-0.05, 0) is 82.8 Å². The van der Waals surface area contributed by atoms with Crippen LogP contribution >= 0.6 is 0 Å². The number of allylic oxidation sites excluding steroid dienone is 1. The smallest absolute Gasteiger partial charge is 0.408 e. The molecule has 3 aliphatic heterocycles. The highest BCUT2D eigenvalue weighted by Gasteiger charge is 2.62. The van der Waals surface area contributed by atoms with E-state index in [9.17, 15) is 32.4 Å². The molecule has 5 atom stereocenters. The second-order valence-electron chi connectivity index (χ2n) is 16.2. The van der Waals surface area contributed by atoms with E-state index in [1.165, 1.54) is 4.90 Å². The molecule has 0 spiro atoms. The number of nitrogens with one attached hydrogen (secondary N) is 3. The fourth-order valence-electron chi connectivity index (χ4n) is 7.72. The van der Waals surface area contributed by atoms with Crippen LogP contribution in [0.3, 0.4) is 0 Å². The van der Waals surface area contributed by atoms with Gasteiger partial charge in [0.15, 0.2) is 0 Å². The minimum Gasteiger partial charge on any atom is -0.444 e. The van der Waals surface area contributed by atoms with E-state index in [2.05, 4.69) is 15.4 Å². The van der Waals surface area contributed by atoms with Gasteiger partial charge in [0.05, 0.1) is 5.25 Å². The third-order valence-corrected chi connectivity index (χ3v) is 12.6. The molecule has 1 aromatic carbocycles. The second-order valence-corrected chi connectivity index (χ2v) is 18.2. The van der Waals surface area contributed by atoms with Crippen molar-refractivity contribution in [2.45, 2.75) is 139 Å². The molecule has 3 fully saturated rings. The van der Waals surface area contributed by atoms with Crippen molar-refractivity contribution < 1.29 is 37.1 Å². The van der Waals surface area contributed by atoms with Crippen LogP contribution in [0.5, 0.6) is 0 Å². The molecule has 2 saturated carbocycles. The molecule has 2 aliphatic carbocycles. The number of nitrogens with zero attached hydrogens (tertiary/aromatic N) is 2. The van der Waals surface area contributed by atoms with Crippen LogP contribution in [0.2, 0.25) is 0 Å². The molecule has 0 bridgehead atoms. The average molecular weight is 740 g/mol. The molecule has 5 amide bonds. The summed E-state index contributed by atoms with van der Waals surface area (Å²) < 4.78 is 33.4. The van der Waals surface area contributed by atoms with Crippen molar-refractivity contribution in [2.24, 2.45) is 11.8 Å². The third kappa shape index (κ3) is 8.98. The topological polar surface area (TPSA) is 171 Å². The first-order chi connectivity index (χ1) is 24.6. The van der Waals surface area contributed by atoms with Crippen molar-refractivity contribution in [1.29, 1.82) is 0 Å². The summed E-state index contributed by atoms with van der Waals surface area (Å²) >= 11 is 0. The van der Waals surface area contributed by atoms with E-state index in [1.807, 2.05) is 36.4 Å². The third-order valence-electron chi connectivity index (χ3n) is 10.8. The van der Waals surface area contributed by atoms with Crippen LogP contribution in [-0.4, -0.2) is 83.0 Å². The first-order valence-electron chi connectivity index (χ1n) is 18.8. The summed E-state index contributed by atoms with van der Waals surface area (Å²) in [7, 11) is -3.88. The molecular weight excluding hydrogens is 687 g/mol. The molecule has 52 heavy (non-hydrogen) atoms. The van der Waals surface area contributed by atoms with Gasteiger partial charge in [-0.15, -0.1) is 0 Å². The number of alkyl carbamates (subject to hydrolysis) is 1. The number of rotatable bonds is 6. The summed E-state index contributed by atoms with van der Waals surface area (Å²) in [6.45, 7) is 6.30. The minimum absolute atomic E-state index is 0.0823. The van der Waals surface area contributed by atoms with Crippen LogP contribution < -0.4 is 15.4 Å². The molecule has 3 heterocycles. The van der Waals surface area contributed by atoms with E-state index in [1.54, 1.807) is 25.7 Å². The summed E-state index contributed by atoms with van der Waals surface area (Å²) in [6.07, 6.45) is 10.1. The predicted octanol–water partition coefficient (Wildman–Crippen LogP) is 3.81. The number of amides is 5. The van der Waals surface area contributed by atoms with Crippen LogP contribution in [0.1, 0.15) is 109 Å². The van der Waals surface area contributed by atoms with Crippen LogP contribution in [0.4, 0.5) is 4.79 Å². The molecule has 1 saturated heterocycles. The molecule has 14 heteroatoms. The summed E-state index contributed by atoms with van der Waals surface area (Å²) in [5, 5.41) is 5.04. The van der Waals surface area contributed by atoms with Crippen molar-refractivity contribution in [3.63, 3.8) is 0 Å². The Morgan fingerprint density at radius 2 is 1.65 bits per heavy atom. The maximum atomic E-state index is 14.4. The van der Waals surface area contributed by atoms with Crippen molar-refractivity contribution in [1.82, 2.24) is 25.2 Å². The van der Waals surface area contributed by atoms with Gasteiger partial charge in [0, 0.05) is 32.0 Å². The summed E-state index contributed by atoms with van der Waals surface area (Å²) in [6, 6.07) is 5.87. The highest BCUT2D eigenvalue weighted by molar-refractivity contribution is 7.91. The Balaban J connectivity index is 1.26. The van der Waals surface area contributed by atoms with Crippen LogP contribution in [0, 0.1) is 11.8 Å². The van der Waals surface area contributed by atoms with Gasteiger partial charge in [-0.3, -0.25) is 23.9 Å². The predicted molar refractivity (Wildman–Crippen MR) is 193 cm³/mol. The highest BCUT2D eigenvalue weighted by Crippen LogP contribution is 2.46. The number of fused-ring (bicyclic) bond motifs is 3. The lowest BCUT2D eigenvalue weighted by atomic mass is 10.00. The Bertz CT molecular complexity index is 1680. The van der Waals surface area contributed by atoms with Gasteiger partial charge in [0.2, 0.25) is 27.7 Å². The lowest BCUT2D eigenvalue weighted by Gasteiger charge is -2.30. The van der Waals surface area contributed by atoms with Crippen LogP contribution in [0.15, 0.2) is 36.4 Å². The number of ether oxygens (including phenoxy) is 1. The zero-order valence-corrected chi connectivity index (χ0v) is 31.3. The van der Waals surface area contributed by atoms with Crippen molar-refractivity contribution in [3.8, 4) is 0 Å². The Morgan fingerprint density at radius 1 is 0.981 bits per heavy atom. The van der Waals surface area contributed by atoms with Gasteiger partial charge in [0.1, 0.15) is 23.2 Å². The number of carbonyl (C=O) groups is 5. The zero-order chi connectivity index (χ0) is 37.3. The van der Waals surface area contributed by atoms with Crippen LogP contribution in [0.25, 0.3) is 0 Å². The summed E-state index contributed by atoms with van der Waals surface area (Å²) in [5.74, 6) is -2.68. The molecule has 3 N–H and O–H groups in total. The normalized spacial score (nSPS) is 28.5. The molecule has 284 valence electrons. The Kier molecular flexibility index (Phi) is 11.0. The molecule has 0 aromatic heterocycles. The van der Waals surface area contributed by atoms with Crippen molar-refractivity contribution in [3.05, 3.63) is 47.5 Å². The standard InChI is InChI=1S/C38H53N5O8S/c1-37(2,3)51-36(48)39-30-16-10-8-6-4-5-7-9-15-28-21-38(28,35(47)41-52(49,50)29-17-18-29)40-33(45)31-19-25(22-43(31)34(30)46)20-32(44)42-23-26-13-11-12-14-27(26)24-42/h9,11-15,25,28-31H,4-8,10,16-24H2,1-3H3,(H,39,48)(H,40,45)(H,41,47)/t25-,28+,30-,31-,38+/m0/s1. The fourth-order valence-corrected chi connectivity index (χ4v) is 9.09. The van der Waals surface area contributed by atoms with Gasteiger partial charge in [-0.1, -0.05) is 62.1 Å². The van der Waals surface area contributed by atoms with Crippen LogP contribution in [-0.2, 0) is 47.0 Å². The van der Waals surface area contributed by atoms with E-state index in [4.69, 9.17) is 4.74 Å². The van der Waals surface area contributed by atoms with Gasteiger partial charge in [0.25, 0.3) is 5.91 Å². The average Bonchev–Trinajstić information content (AvgIpc) is 3.96. The fraction of sp³-hybridized carbons (Fsp3) is 0.658. The largest absolute Gasteiger partial charge is 0.444 e. The van der Waals surface area contributed by atoms with Gasteiger partial charge in [-0.25, -0.2) is 13.2 Å². The lowest BCUT2D eigenvalue weighted by molar-refractivity contribution is -0.141. The van der Waals surface area contributed by atoms with E-state index in [0.29, 0.717) is 38.8 Å². The van der Waals surface area contributed by atoms with Gasteiger partial charge >= 0.3 is 6.09 Å². The van der Waals surface area contributed by atoms with E-state index >= 15 is 0 Å². The number of benzene rings is 1. The molecular formula is C38H53N5O8S. The van der Waals surface area contributed by atoms with Gasteiger partial charge in [-0.2, -0.15) is 0 Å². The number of hydrogen-bond donors (Lipinski definition) is 3. The van der Waals surface area contributed by atoms with E-state index in [-0.39, 0.29) is 37.6 Å². The molecule has 13 nitrogen and oxygen atoms in total. The molecule has 6 rings (SSSR count). The van der Waals surface area contributed by atoms with E-state index in [0.717, 1.165) is 43.2 Å². The monoisotopic (exact) mass is 739 g/mol. The number of hydrogen-bond acceptors (Lipinski definition) is 8. The minimum atomic E-state index is -3.88. The summed E-state index contributed by atoms with van der Waals surface area (Å²) in [5.41, 5.74) is -0.0984. The molecule has 0 unspecified atom stereocenters.